The number of sulfone groups is 1. The first kappa shape index (κ1) is 9.52. The molecule has 1 aliphatic rings. The van der Waals surface area contributed by atoms with Crippen LogP contribution >= 0.6 is 15.9 Å². The van der Waals surface area contributed by atoms with Crippen LogP contribution in [-0.4, -0.2) is 25.3 Å². The molecule has 0 aromatic carbocycles. The van der Waals surface area contributed by atoms with Crippen molar-refractivity contribution in [2.45, 2.75) is 19.3 Å². The van der Waals surface area contributed by atoms with Crippen LogP contribution in [0.15, 0.2) is 0 Å². The van der Waals surface area contributed by atoms with Gasteiger partial charge in [-0.25, -0.2) is 8.42 Å². The zero-order valence-electron chi connectivity index (χ0n) is 6.42. The predicted octanol–water partition coefficient (Wildman–Crippen LogP) is 1.60. The zero-order valence-corrected chi connectivity index (χ0v) is 8.83. The van der Waals surface area contributed by atoms with E-state index in [-0.39, 0.29) is 0 Å². The summed E-state index contributed by atoms with van der Waals surface area (Å²) in [5, 5.41) is 0.990. The molecule has 66 valence electrons. The lowest BCUT2D eigenvalue weighted by molar-refractivity contribution is 0.537. The Morgan fingerprint density at radius 1 is 1.45 bits per heavy atom. The summed E-state index contributed by atoms with van der Waals surface area (Å²) in [4.78, 5) is 0. The van der Waals surface area contributed by atoms with Crippen molar-refractivity contribution in [3.05, 3.63) is 0 Å². The van der Waals surface area contributed by atoms with E-state index in [0.717, 1.165) is 24.6 Å². The highest BCUT2D eigenvalue weighted by Crippen LogP contribution is 2.22. The molecule has 11 heavy (non-hydrogen) atoms. The van der Waals surface area contributed by atoms with Crippen molar-refractivity contribution in [1.82, 2.24) is 0 Å². The number of rotatable bonds is 3. The lowest BCUT2D eigenvalue weighted by Gasteiger charge is -2.03. The fourth-order valence-electron chi connectivity index (χ4n) is 1.47. The molecule has 1 rings (SSSR count). The molecule has 1 aliphatic heterocycles. The van der Waals surface area contributed by atoms with Gasteiger partial charge in [0, 0.05) is 5.33 Å². The molecule has 0 aromatic rings. The second-order valence-electron chi connectivity index (χ2n) is 3.10. The van der Waals surface area contributed by atoms with Gasteiger partial charge in [0.15, 0.2) is 9.84 Å². The van der Waals surface area contributed by atoms with Gasteiger partial charge in [0.1, 0.15) is 0 Å². The first-order chi connectivity index (χ1) is 5.14. The summed E-state index contributed by atoms with van der Waals surface area (Å²) in [5.41, 5.74) is 0. The summed E-state index contributed by atoms with van der Waals surface area (Å²) in [6.45, 7) is 0. The third-order valence-corrected chi connectivity index (χ3v) is 4.47. The summed E-state index contributed by atoms with van der Waals surface area (Å²) < 4.78 is 22.0. The molecule has 2 nitrogen and oxygen atoms in total. The summed E-state index contributed by atoms with van der Waals surface area (Å²) in [7, 11) is -2.64. The minimum atomic E-state index is -2.64. The minimum Gasteiger partial charge on any atom is -0.229 e. The molecular weight excluding hydrogens is 228 g/mol. The maximum Gasteiger partial charge on any atom is 0.150 e. The van der Waals surface area contributed by atoms with E-state index in [1.54, 1.807) is 0 Å². The van der Waals surface area contributed by atoms with Crippen molar-refractivity contribution in [2.75, 3.05) is 16.8 Å². The van der Waals surface area contributed by atoms with E-state index in [1.165, 1.54) is 0 Å². The number of hydrogen-bond donors (Lipinski definition) is 0. The molecule has 1 heterocycles. The second kappa shape index (κ2) is 3.90. The lowest BCUT2D eigenvalue weighted by Crippen LogP contribution is -2.04. The van der Waals surface area contributed by atoms with Crippen molar-refractivity contribution < 1.29 is 8.42 Å². The van der Waals surface area contributed by atoms with Gasteiger partial charge < -0.3 is 0 Å². The molecule has 1 saturated heterocycles. The topological polar surface area (TPSA) is 34.1 Å². The first-order valence-corrected chi connectivity index (χ1v) is 6.85. The molecule has 0 radical (unpaired) electrons. The Kier molecular flexibility index (Phi) is 3.37. The summed E-state index contributed by atoms with van der Waals surface area (Å²) >= 11 is 3.34. The quantitative estimate of drug-likeness (QED) is 0.703. The molecule has 0 aliphatic carbocycles. The Bertz CT molecular complexity index is 210. The van der Waals surface area contributed by atoms with E-state index < -0.39 is 9.84 Å². The van der Waals surface area contributed by atoms with Crippen molar-refractivity contribution in [3.63, 3.8) is 0 Å². The molecule has 1 fully saturated rings. The van der Waals surface area contributed by atoms with Crippen molar-refractivity contribution >= 4 is 25.8 Å². The fourth-order valence-corrected chi connectivity index (χ4v) is 3.70. The molecule has 0 N–H and O–H groups in total. The summed E-state index contributed by atoms with van der Waals surface area (Å²) in [6.07, 6.45) is 3.04. The van der Waals surface area contributed by atoms with E-state index in [9.17, 15) is 8.42 Å². The third kappa shape index (κ3) is 3.11. The molecular formula is C7H13BrO2S. The smallest absolute Gasteiger partial charge is 0.150 e. The highest BCUT2D eigenvalue weighted by molar-refractivity contribution is 9.09. The van der Waals surface area contributed by atoms with Gasteiger partial charge in [0.25, 0.3) is 0 Å². The van der Waals surface area contributed by atoms with Crippen LogP contribution in [0.5, 0.6) is 0 Å². The zero-order chi connectivity index (χ0) is 8.32. The molecule has 0 aromatic heterocycles. The van der Waals surface area contributed by atoms with Crippen molar-refractivity contribution in [1.29, 1.82) is 0 Å². The van der Waals surface area contributed by atoms with Crippen LogP contribution in [0.25, 0.3) is 0 Å². The maximum atomic E-state index is 11.0. The van der Waals surface area contributed by atoms with Crippen LogP contribution in [0, 0.1) is 5.92 Å². The average Bonchev–Trinajstić information content (AvgIpc) is 2.26. The fraction of sp³-hybridized carbons (Fsp3) is 1.00. The lowest BCUT2D eigenvalue weighted by atomic mass is 10.0. The van der Waals surface area contributed by atoms with E-state index in [2.05, 4.69) is 15.9 Å². The average molecular weight is 241 g/mol. The Hall–Kier alpha value is 0.430. The Morgan fingerprint density at radius 3 is 2.64 bits per heavy atom. The molecule has 0 spiro atoms. The molecule has 4 heteroatoms. The van der Waals surface area contributed by atoms with Gasteiger partial charge >= 0.3 is 0 Å². The SMILES string of the molecule is O=S1(=O)CCC(CCCBr)C1. The summed E-state index contributed by atoms with van der Waals surface area (Å²) in [5.74, 6) is 1.29. The second-order valence-corrected chi connectivity index (χ2v) is 6.12. The van der Waals surface area contributed by atoms with E-state index in [1.807, 2.05) is 0 Å². The largest absolute Gasteiger partial charge is 0.229 e. The van der Waals surface area contributed by atoms with E-state index >= 15 is 0 Å². The Morgan fingerprint density at radius 2 is 2.18 bits per heavy atom. The normalized spacial score (nSPS) is 29.0. The monoisotopic (exact) mass is 240 g/mol. The predicted molar refractivity (Wildman–Crippen MR) is 49.8 cm³/mol. The standard InChI is InChI=1S/C7H13BrO2S/c8-4-1-2-7-3-5-11(9,10)6-7/h7H,1-6H2. The van der Waals surface area contributed by atoms with Crippen LogP contribution in [0.4, 0.5) is 0 Å². The Balaban J connectivity index is 2.31. The van der Waals surface area contributed by atoms with Crippen molar-refractivity contribution in [2.24, 2.45) is 5.92 Å². The van der Waals surface area contributed by atoms with Crippen LogP contribution < -0.4 is 0 Å². The van der Waals surface area contributed by atoms with Crippen molar-refractivity contribution in [3.8, 4) is 0 Å². The molecule has 0 amide bonds. The van der Waals surface area contributed by atoms with Gasteiger partial charge in [0.2, 0.25) is 0 Å². The van der Waals surface area contributed by atoms with Gasteiger partial charge in [-0.3, -0.25) is 0 Å². The van der Waals surface area contributed by atoms with Gasteiger partial charge in [-0.1, -0.05) is 15.9 Å². The Labute approximate surface area is 76.4 Å². The van der Waals surface area contributed by atoms with E-state index in [4.69, 9.17) is 0 Å². The maximum absolute atomic E-state index is 11.0. The van der Waals surface area contributed by atoms with E-state index in [0.29, 0.717) is 17.4 Å². The molecule has 0 saturated carbocycles. The molecule has 1 unspecified atom stereocenters. The van der Waals surface area contributed by atoms with Crippen LogP contribution in [-0.2, 0) is 9.84 Å². The minimum absolute atomic E-state index is 0.417. The van der Waals surface area contributed by atoms with Crippen LogP contribution in [0.3, 0.4) is 0 Å². The van der Waals surface area contributed by atoms with Crippen LogP contribution in [0.1, 0.15) is 19.3 Å². The summed E-state index contributed by atoms with van der Waals surface area (Å²) in [6, 6.07) is 0. The molecule has 0 bridgehead atoms. The molecule has 1 atom stereocenters. The first-order valence-electron chi connectivity index (χ1n) is 3.90. The highest BCUT2D eigenvalue weighted by Gasteiger charge is 2.26. The van der Waals surface area contributed by atoms with Gasteiger partial charge in [-0.2, -0.15) is 0 Å². The number of hydrogen-bond acceptors (Lipinski definition) is 2. The van der Waals surface area contributed by atoms with Gasteiger partial charge in [0.05, 0.1) is 11.5 Å². The van der Waals surface area contributed by atoms with Crippen LogP contribution in [0.2, 0.25) is 0 Å². The van der Waals surface area contributed by atoms with Gasteiger partial charge in [-0.15, -0.1) is 0 Å². The van der Waals surface area contributed by atoms with Gasteiger partial charge in [-0.05, 0) is 25.2 Å². The highest BCUT2D eigenvalue weighted by atomic mass is 79.9. The third-order valence-electron chi connectivity index (χ3n) is 2.07. The number of halogens is 1. The number of alkyl halides is 1.